The van der Waals surface area contributed by atoms with Crippen molar-refractivity contribution in [3.05, 3.63) is 53.2 Å². The van der Waals surface area contributed by atoms with Gasteiger partial charge in [0.2, 0.25) is 0 Å². The highest BCUT2D eigenvalue weighted by Crippen LogP contribution is 2.18. The molecule has 110 valence electrons. The van der Waals surface area contributed by atoms with Crippen LogP contribution >= 0.6 is 0 Å². The van der Waals surface area contributed by atoms with Gasteiger partial charge in [-0.25, -0.2) is 9.78 Å². The maximum Gasteiger partial charge on any atom is 0.323 e. The summed E-state index contributed by atoms with van der Waals surface area (Å²) in [6.45, 7) is 6.03. The van der Waals surface area contributed by atoms with Gasteiger partial charge in [-0.2, -0.15) is 0 Å². The lowest BCUT2D eigenvalue weighted by molar-refractivity contribution is 0.234. The molecule has 0 spiro atoms. The molecular weight excluding hydrogens is 266 g/mol. The first-order chi connectivity index (χ1) is 10.0. The SMILES string of the molecule is Cc1ccnc(NC(=O)NCOc2ccc(C)cc2C)c1. The van der Waals surface area contributed by atoms with Crippen molar-refractivity contribution in [1.29, 1.82) is 0 Å². The molecule has 0 aliphatic carbocycles. The van der Waals surface area contributed by atoms with Crippen molar-refractivity contribution in [2.75, 3.05) is 12.0 Å². The van der Waals surface area contributed by atoms with Gasteiger partial charge in [-0.1, -0.05) is 17.7 Å². The smallest absolute Gasteiger partial charge is 0.323 e. The zero-order chi connectivity index (χ0) is 15.2. The first-order valence-electron chi connectivity index (χ1n) is 6.72. The number of pyridine rings is 1. The Labute approximate surface area is 124 Å². The molecule has 0 atom stereocenters. The van der Waals surface area contributed by atoms with Crippen molar-refractivity contribution in [1.82, 2.24) is 10.3 Å². The van der Waals surface area contributed by atoms with Crippen LogP contribution in [-0.4, -0.2) is 17.7 Å². The lowest BCUT2D eigenvalue weighted by atomic mass is 10.1. The van der Waals surface area contributed by atoms with Crippen LogP contribution in [0.2, 0.25) is 0 Å². The molecule has 2 aromatic rings. The minimum absolute atomic E-state index is 0.0988. The maximum absolute atomic E-state index is 11.7. The van der Waals surface area contributed by atoms with E-state index in [1.165, 1.54) is 5.56 Å². The van der Waals surface area contributed by atoms with Gasteiger partial charge in [-0.05, 0) is 50.1 Å². The van der Waals surface area contributed by atoms with Gasteiger partial charge < -0.3 is 10.1 Å². The Morgan fingerprint density at radius 3 is 2.62 bits per heavy atom. The molecule has 0 aliphatic heterocycles. The number of aromatic nitrogens is 1. The number of ether oxygens (including phenoxy) is 1. The van der Waals surface area contributed by atoms with Crippen LogP contribution in [0, 0.1) is 20.8 Å². The van der Waals surface area contributed by atoms with Gasteiger partial charge in [0.1, 0.15) is 11.6 Å². The predicted molar refractivity (Wildman–Crippen MR) is 82.5 cm³/mol. The number of carbonyl (C=O) groups excluding carboxylic acids is 1. The average molecular weight is 285 g/mol. The number of carbonyl (C=O) groups is 1. The number of hydrogen-bond acceptors (Lipinski definition) is 3. The minimum atomic E-state index is -0.349. The van der Waals surface area contributed by atoms with Gasteiger partial charge in [-0.15, -0.1) is 0 Å². The number of rotatable bonds is 4. The summed E-state index contributed by atoms with van der Waals surface area (Å²) >= 11 is 0. The lowest BCUT2D eigenvalue weighted by Crippen LogP contribution is -2.32. The van der Waals surface area contributed by atoms with E-state index in [1.54, 1.807) is 12.3 Å². The molecule has 5 nitrogen and oxygen atoms in total. The highest BCUT2D eigenvalue weighted by molar-refractivity contribution is 5.88. The third kappa shape index (κ3) is 4.49. The van der Waals surface area contributed by atoms with Crippen LogP contribution in [0.5, 0.6) is 5.75 Å². The second kappa shape index (κ2) is 6.74. The molecule has 2 N–H and O–H groups in total. The molecule has 0 fully saturated rings. The molecule has 0 radical (unpaired) electrons. The van der Waals surface area contributed by atoms with Gasteiger partial charge in [0, 0.05) is 6.20 Å². The van der Waals surface area contributed by atoms with E-state index in [9.17, 15) is 4.79 Å². The van der Waals surface area contributed by atoms with Crippen molar-refractivity contribution in [3.63, 3.8) is 0 Å². The molecule has 0 saturated heterocycles. The number of amides is 2. The summed E-state index contributed by atoms with van der Waals surface area (Å²) < 4.78 is 5.53. The summed E-state index contributed by atoms with van der Waals surface area (Å²) in [6, 6.07) is 9.21. The fourth-order valence-corrected chi connectivity index (χ4v) is 1.91. The zero-order valence-electron chi connectivity index (χ0n) is 12.4. The average Bonchev–Trinajstić information content (AvgIpc) is 2.41. The first kappa shape index (κ1) is 14.8. The van der Waals surface area contributed by atoms with E-state index < -0.39 is 0 Å². The zero-order valence-corrected chi connectivity index (χ0v) is 12.4. The summed E-state index contributed by atoms with van der Waals surface area (Å²) in [5, 5.41) is 5.28. The molecule has 1 aromatic heterocycles. The van der Waals surface area contributed by atoms with E-state index in [4.69, 9.17) is 4.74 Å². The molecule has 21 heavy (non-hydrogen) atoms. The summed E-state index contributed by atoms with van der Waals surface area (Å²) in [6.07, 6.45) is 1.65. The van der Waals surface area contributed by atoms with Crippen LogP contribution in [0.3, 0.4) is 0 Å². The van der Waals surface area contributed by atoms with E-state index in [1.807, 2.05) is 45.0 Å². The van der Waals surface area contributed by atoms with E-state index >= 15 is 0 Å². The van der Waals surface area contributed by atoms with Crippen LogP contribution in [0.1, 0.15) is 16.7 Å². The Hall–Kier alpha value is -2.56. The van der Waals surface area contributed by atoms with Gasteiger partial charge >= 0.3 is 6.03 Å². The molecule has 0 aliphatic rings. The van der Waals surface area contributed by atoms with Crippen LogP contribution in [0.15, 0.2) is 36.5 Å². The van der Waals surface area contributed by atoms with Crippen molar-refractivity contribution in [2.45, 2.75) is 20.8 Å². The number of anilines is 1. The normalized spacial score (nSPS) is 10.0. The Balaban J connectivity index is 1.81. The van der Waals surface area contributed by atoms with E-state index in [0.717, 1.165) is 16.9 Å². The van der Waals surface area contributed by atoms with Gasteiger partial charge in [0.05, 0.1) is 0 Å². The summed E-state index contributed by atoms with van der Waals surface area (Å²) in [5.74, 6) is 1.27. The summed E-state index contributed by atoms with van der Waals surface area (Å²) in [7, 11) is 0. The second-order valence-corrected chi connectivity index (χ2v) is 4.91. The van der Waals surface area contributed by atoms with Crippen molar-refractivity contribution >= 4 is 11.8 Å². The first-order valence-corrected chi connectivity index (χ1v) is 6.72. The Kier molecular flexibility index (Phi) is 4.77. The molecule has 0 unspecified atom stereocenters. The highest BCUT2D eigenvalue weighted by atomic mass is 16.5. The van der Waals surface area contributed by atoms with Crippen molar-refractivity contribution in [3.8, 4) is 5.75 Å². The number of urea groups is 1. The monoisotopic (exact) mass is 285 g/mol. The Bertz CT molecular complexity index is 641. The molecule has 0 bridgehead atoms. The quantitative estimate of drug-likeness (QED) is 0.848. The van der Waals surface area contributed by atoms with Gasteiger partial charge in [-0.3, -0.25) is 5.32 Å². The van der Waals surface area contributed by atoms with Gasteiger partial charge in [0.15, 0.2) is 6.73 Å². The molecule has 2 rings (SSSR count). The second-order valence-electron chi connectivity index (χ2n) is 4.91. The van der Waals surface area contributed by atoms with Gasteiger partial charge in [0.25, 0.3) is 0 Å². The molecule has 1 aromatic carbocycles. The summed E-state index contributed by atoms with van der Waals surface area (Å²) in [5.41, 5.74) is 3.25. The molecule has 1 heterocycles. The maximum atomic E-state index is 11.7. The molecule has 0 saturated carbocycles. The molecule has 5 heteroatoms. The number of benzene rings is 1. The topological polar surface area (TPSA) is 63.2 Å². The number of hydrogen-bond donors (Lipinski definition) is 2. The van der Waals surface area contributed by atoms with Crippen molar-refractivity contribution in [2.24, 2.45) is 0 Å². The van der Waals surface area contributed by atoms with Crippen molar-refractivity contribution < 1.29 is 9.53 Å². The molecule has 2 amide bonds. The molecular formula is C16H19N3O2. The third-order valence-electron chi connectivity index (χ3n) is 2.95. The third-order valence-corrected chi connectivity index (χ3v) is 2.95. The van der Waals surface area contributed by atoms with Crippen LogP contribution in [0.4, 0.5) is 10.6 Å². The minimum Gasteiger partial charge on any atom is -0.473 e. The Morgan fingerprint density at radius 1 is 1.14 bits per heavy atom. The fourth-order valence-electron chi connectivity index (χ4n) is 1.91. The van der Waals surface area contributed by atoms with E-state index in [2.05, 4.69) is 15.6 Å². The highest BCUT2D eigenvalue weighted by Gasteiger charge is 2.04. The fraction of sp³-hybridized carbons (Fsp3) is 0.250. The van der Waals surface area contributed by atoms with Crippen LogP contribution < -0.4 is 15.4 Å². The van der Waals surface area contributed by atoms with Crippen LogP contribution in [0.25, 0.3) is 0 Å². The summed E-state index contributed by atoms with van der Waals surface area (Å²) in [4.78, 5) is 15.8. The Morgan fingerprint density at radius 2 is 1.90 bits per heavy atom. The van der Waals surface area contributed by atoms with E-state index in [0.29, 0.717) is 5.82 Å². The predicted octanol–water partition coefficient (Wildman–Crippen LogP) is 3.16. The van der Waals surface area contributed by atoms with E-state index in [-0.39, 0.29) is 12.8 Å². The standard InChI is InChI=1S/C16H19N3O2/c1-11-4-5-14(13(3)8-11)21-10-18-16(20)19-15-9-12(2)6-7-17-15/h4-9H,10H2,1-3H3,(H2,17,18,19,20). The number of aryl methyl sites for hydroxylation is 3. The van der Waals surface area contributed by atoms with Crippen LogP contribution in [-0.2, 0) is 0 Å². The lowest BCUT2D eigenvalue weighted by Gasteiger charge is -2.11. The number of nitrogens with zero attached hydrogens (tertiary/aromatic N) is 1. The number of nitrogens with one attached hydrogen (secondary N) is 2. The largest absolute Gasteiger partial charge is 0.473 e.